The van der Waals surface area contributed by atoms with Gasteiger partial charge in [0.15, 0.2) is 0 Å². The third-order valence-electron chi connectivity index (χ3n) is 5.28. The number of nitrogens with zero attached hydrogens (tertiary/aromatic N) is 3. The molecule has 0 saturated heterocycles. The normalized spacial score (nSPS) is 11.5. The van der Waals surface area contributed by atoms with Gasteiger partial charge in [-0.15, -0.1) is 0 Å². The molecule has 32 heavy (non-hydrogen) atoms. The van der Waals surface area contributed by atoms with Crippen molar-refractivity contribution in [3.8, 4) is 5.75 Å². The van der Waals surface area contributed by atoms with Gasteiger partial charge in [-0.3, -0.25) is 5.43 Å². The van der Waals surface area contributed by atoms with Gasteiger partial charge in [-0.05, 0) is 49.2 Å². The first-order valence-electron chi connectivity index (χ1n) is 10.7. The van der Waals surface area contributed by atoms with Crippen LogP contribution >= 0.6 is 11.3 Å². The number of hydrazone groups is 1. The monoisotopic (exact) mass is 440 g/mol. The first-order chi connectivity index (χ1) is 15.8. The Balaban J connectivity index is 1.26. The van der Waals surface area contributed by atoms with Crippen molar-refractivity contribution in [2.75, 3.05) is 12.0 Å². The Labute approximate surface area is 191 Å². The first-order valence-corrected chi connectivity index (χ1v) is 11.5. The van der Waals surface area contributed by atoms with Crippen molar-refractivity contribution < 1.29 is 4.74 Å². The van der Waals surface area contributed by atoms with E-state index in [9.17, 15) is 0 Å². The highest BCUT2D eigenvalue weighted by molar-refractivity contribution is 7.22. The van der Waals surface area contributed by atoms with Crippen LogP contribution in [0.3, 0.4) is 0 Å². The van der Waals surface area contributed by atoms with Crippen LogP contribution in [-0.2, 0) is 6.54 Å². The number of fused-ring (bicyclic) bond motifs is 2. The highest BCUT2D eigenvalue weighted by Crippen LogP contribution is 2.25. The predicted molar refractivity (Wildman–Crippen MR) is 134 cm³/mol. The van der Waals surface area contributed by atoms with E-state index in [4.69, 9.17) is 4.74 Å². The molecule has 160 valence electrons. The van der Waals surface area contributed by atoms with E-state index in [1.165, 1.54) is 16.5 Å². The average Bonchev–Trinajstić information content (AvgIpc) is 3.38. The first kappa shape index (κ1) is 20.3. The summed E-state index contributed by atoms with van der Waals surface area (Å²) in [5.74, 6) is 0.927. The summed E-state index contributed by atoms with van der Waals surface area (Å²) >= 11 is 1.60. The third kappa shape index (κ3) is 4.50. The summed E-state index contributed by atoms with van der Waals surface area (Å²) in [6.07, 6.45) is 4.95. The van der Waals surface area contributed by atoms with Gasteiger partial charge < -0.3 is 9.30 Å². The number of para-hydroxylation sites is 2. The van der Waals surface area contributed by atoms with Gasteiger partial charge in [0.2, 0.25) is 5.13 Å². The van der Waals surface area contributed by atoms with Crippen molar-refractivity contribution in [2.45, 2.75) is 19.9 Å². The largest absolute Gasteiger partial charge is 0.494 e. The average molecular weight is 441 g/mol. The van der Waals surface area contributed by atoms with Crippen LogP contribution < -0.4 is 10.2 Å². The molecule has 6 heteroatoms. The summed E-state index contributed by atoms with van der Waals surface area (Å²) in [6.45, 7) is 3.64. The standard InChI is InChI=1S/C26H24N4OS/c1-19-8-6-9-21(16-19)31-15-7-14-30-18-20(22-10-2-4-12-24(22)30)17-27-29-26-28-23-11-3-5-13-25(23)32-26/h2-6,8-13,16-18H,7,14-15H2,1H3,(H,28,29)/b27-17+. The van der Waals surface area contributed by atoms with E-state index in [1.807, 2.05) is 36.5 Å². The minimum absolute atomic E-state index is 0.679. The van der Waals surface area contributed by atoms with E-state index in [1.54, 1.807) is 11.3 Å². The Kier molecular flexibility index (Phi) is 5.85. The summed E-state index contributed by atoms with van der Waals surface area (Å²) in [6, 6.07) is 24.7. The SMILES string of the molecule is Cc1cccc(OCCCn2cc(/C=N/Nc3nc4ccccc4s3)c3ccccc32)c1. The van der Waals surface area contributed by atoms with Crippen molar-refractivity contribution >= 4 is 43.8 Å². The maximum atomic E-state index is 5.91. The molecule has 1 N–H and O–H groups in total. The molecule has 2 heterocycles. The Bertz CT molecular complexity index is 1350. The second-order valence-corrected chi connectivity index (χ2v) is 8.70. The molecule has 0 atom stereocenters. The Morgan fingerprint density at radius 3 is 2.84 bits per heavy atom. The van der Waals surface area contributed by atoms with Gasteiger partial charge in [-0.1, -0.05) is 53.8 Å². The van der Waals surface area contributed by atoms with Crippen molar-refractivity contribution in [3.05, 3.63) is 90.1 Å². The van der Waals surface area contributed by atoms with Crippen LogP contribution in [0.2, 0.25) is 0 Å². The Morgan fingerprint density at radius 1 is 1.06 bits per heavy atom. The van der Waals surface area contributed by atoms with Gasteiger partial charge in [0.1, 0.15) is 5.75 Å². The molecule has 5 nitrogen and oxygen atoms in total. The Morgan fingerprint density at radius 2 is 1.94 bits per heavy atom. The molecule has 0 aliphatic carbocycles. The number of nitrogens with one attached hydrogen (secondary N) is 1. The third-order valence-corrected chi connectivity index (χ3v) is 6.22. The molecule has 5 rings (SSSR count). The van der Waals surface area contributed by atoms with Crippen molar-refractivity contribution in [1.29, 1.82) is 0 Å². The summed E-state index contributed by atoms with van der Waals surface area (Å²) in [4.78, 5) is 4.57. The molecule has 0 bridgehead atoms. The van der Waals surface area contributed by atoms with Gasteiger partial charge in [-0.25, -0.2) is 4.98 Å². The van der Waals surface area contributed by atoms with Crippen LogP contribution in [0.5, 0.6) is 5.75 Å². The summed E-state index contributed by atoms with van der Waals surface area (Å²) in [5.41, 5.74) is 7.55. The number of rotatable bonds is 8. The zero-order chi connectivity index (χ0) is 21.8. The maximum absolute atomic E-state index is 5.91. The minimum Gasteiger partial charge on any atom is -0.494 e. The maximum Gasteiger partial charge on any atom is 0.204 e. The molecule has 0 radical (unpaired) electrons. The zero-order valence-electron chi connectivity index (χ0n) is 17.9. The molecule has 2 aromatic heterocycles. The molecule has 5 aromatic rings. The molecule has 0 aliphatic heterocycles. The number of thiazole rings is 1. The van der Waals surface area contributed by atoms with Gasteiger partial charge in [0.05, 0.1) is 23.0 Å². The lowest BCUT2D eigenvalue weighted by molar-refractivity contribution is 0.302. The summed E-state index contributed by atoms with van der Waals surface area (Å²) in [5, 5.41) is 6.42. The molecule has 0 spiro atoms. The van der Waals surface area contributed by atoms with Crippen molar-refractivity contribution in [3.63, 3.8) is 0 Å². The van der Waals surface area contributed by atoms with E-state index in [0.717, 1.165) is 39.6 Å². The lowest BCUT2D eigenvalue weighted by Crippen LogP contribution is -2.03. The van der Waals surface area contributed by atoms with Crippen molar-refractivity contribution in [2.24, 2.45) is 5.10 Å². The van der Waals surface area contributed by atoms with E-state index in [-0.39, 0.29) is 0 Å². The number of hydrogen-bond donors (Lipinski definition) is 1. The number of benzene rings is 3. The highest BCUT2D eigenvalue weighted by atomic mass is 32.1. The molecular formula is C26H24N4OS. The van der Waals surface area contributed by atoms with E-state index in [2.05, 4.69) is 75.7 Å². The predicted octanol–water partition coefficient (Wildman–Crippen LogP) is 6.47. The van der Waals surface area contributed by atoms with Crippen LogP contribution in [0.4, 0.5) is 5.13 Å². The van der Waals surface area contributed by atoms with Crippen LogP contribution in [0.15, 0.2) is 84.1 Å². The van der Waals surface area contributed by atoms with Gasteiger partial charge in [-0.2, -0.15) is 5.10 Å². The lowest BCUT2D eigenvalue weighted by atomic mass is 10.2. The number of hydrogen-bond acceptors (Lipinski definition) is 5. The van der Waals surface area contributed by atoms with Crippen LogP contribution in [-0.4, -0.2) is 22.4 Å². The van der Waals surface area contributed by atoms with Gasteiger partial charge >= 0.3 is 0 Å². The number of aryl methyl sites for hydroxylation is 2. The summed E-state index contributed by atoms with van der Waals surface area (Å²) in [7, 11) is 0. The molecular weight excluding hydrogens is 416 g/mol. The molecule has 0 saturated carbocycles. The van der Waals surface area contributed by atoms with E-state index < -0.39 is 0 Å². The number of anilines is 1. The van der Waals surface area contributed by atoms with Crippen LogP contribution in [0.25, 0.3) is 21.1 Å². The van der Waals surface area contributed by atoms with Crippen molar-refractivity contribution in [1.82, 2.24) is 9.55 Å². The fourth-order valence-electron chi connectivity index (χ4n) is 3.77. The molecule has 0 fully saturated rings. The fraction of sp³-hybridized carbons (Fsp3) is 0.154. The molecule has 0 amide bonds. The van der Waals surface area contributed by atoms with E-state index >= 15 is 0 Å². The molecule has 0 aliphatic rings. The highest BCUT2D eigenvalue weighted by Gasteiger charge is 2.07. The molecule has 0 unspecified atom stereocenters. The van der Waals surface area contributed by atoms with E-state index in [0.29, 0.717) is 6.61 Å². The topological polar surface area (TPSA) is 51.4 Å². The second-order valence-electron chi connectivity index (χ2n) is 7.67. The number of ether oxygens (including phenoxy) is 1. The Hall–Kier alpha value is -3.64. The van der Waals surface area contributed by atoms with Crippen LogP contribution in [0.1, 0.15) is 17.5 Å². The lowest BCUT2D eigenvalue weighted by Gasteiger charge is -2.08. The van der Waals surface area contributed by atoms with Gasteiger partial charge in [0, 0.05) is 29.2 Å². The fourth-order valence-corrected chi connectivity index (χ4v) is 4.59. The van der Waals surface area contributed by atoms with Gasteiger partial charge in [0.25, 0.3) is 0 Å². The summed E-state index contributed by atoms with van der Waals surface area (Å²) < 4.78 is 9.33. The quantitative estimate of drug-likeness (QED) is 0.171. The smallest absolute Gasteiger partial charge is 0.204 e. The second kappa shape index (κ2) is 9.24. The van der Waals surface area contributed by atoms with Crippen LogP contribution in [0, 0.1) is 6.92 Å². The zero-order valence-corrected chi connectivity index (χ0v) is 18.7. The molecule has 3 aromatic carbocycles. The minimum atomic E-state index is 0.679. The number of aromatic nitrogens is 2.